The second-order valence-electron chi connectivity index (χ2n) is 4.31. The van der Waals surface area contributed by atoms with Crippen LogP contribution in [0.3, 0.4) is 0 Å². The number of hydrogen-bond acceptors (Lipinski definition) is 3. The molecule has 80 valence electrons. The first-order valence-corrected chi connectivity index (χ1v) is 5.47. The van der Waals surface area contributed by atoms with Gasteiger partial charge >= 0.3 is 0 Å². The molecule has 1 aromatic carbocycles. The topological polar surface area (TPSA) is 44.5 Å². The van der Waals surface area contributed by atoms with Gasteiger partial charge in [0.1, 0.15) is 12.7 Å². The lowest BCUT2D eigenvalue weighted by molar-refractivity contribution is 0.0720. The first-order chi connectivity index (χ1) is 7.38. The lowest BCUT2D eigenvalue weighted by Gasteiger charge is -2.26. The minimum absolute atomic E-state index is 0.202. The van der Waals surface area contributed by atoms with Crippen molar-refractivity contribution < 1.29 is 9.47 Å². The summed E-state index contributed by atoms with van der Waals surface area (Å²) in [5, 5.41) is 0. The average Bonchev–Trinajstić information content (AvgIpc) is 3.08. The Hall–Kier alpha value is -1.22. The van der Waals surface area contributed by atoms with Crippen LogP contribution in [-0.4, -0.2) is 19.3 Å². The summed E-state index contributed by atoms with van der Waals surface area (Å²) < 4.78 is 11.6. The van der Waals surface area contributed by atoms with Crippen molar-refractivity contribution in [3.8, 4) is 11.5 Å². The molecular formula is C12H15NO2. The molecule has 2 aliphatic rings. The quantitative estimate of drug-likeness (QED) is 0.794. The number of nitrogens with two attached hydrogens (primary N) is 1. The fourth-order valence-corrected chi connectivity index (χ4v) is 2.24. The molecule has 3 atom stereocenters. The van der Waals surface area contributed by atoms with E-state index in [0.717, 1.165) is 18.0 Å². The Morgan fingerprint density at radius 2 is 2.07 bits per heavy atom. The molecular weight excluding hydrogens is 190 g/mol. The number of hydrogen-bond donors (Lipinski definition) is 1. The smallest absolute Gasteiger partial charge is 0.161 e. The molecule has 0 aromatic heterocycles. The molecule has 0 radical (unpaired) electrons. The maximum atomic E-state index is 5.91. The number of benzene rings is 1. The molecule has 0 spiro atoms. The summed E-state index contributed by atoms with van der Waals surface area (Å²) in [5.41, 5.74) is 5.63. The van der Waals surface area contributed by atoms with Crippen molar-refractivity contribution in [2.45, 2.75) is 12.5 Å². The molecule has 1 aliphatic carbocycles. The molecule has 1 heterocycles. The molecule has 0 saturated heterocycles. The van der Waals surface area contributed by atoms with Gasteiger partial charge in [-0.2, -0.15) is 0 Å². The Morgan fingerprint density at radius 1 is 1.27 bits per heavy atom. The van der Waals surface area contributed by atoms with E-state index >= 15 is 0 Å². The standard InChI is InChI=1S/C12H15NO2/c13-6-8-5-9(8)12-7-14-10-3-1-2-4-11(10)15-12/h1-4,8-9,12H,5-7,13H2/t8-,9+,12?/m0/s1. The van der Waals surface area contributed by atoms with Gasteiger partial charge in [0.25, 0.3) is 0 Å². The van der Waals surface area contributed by atoms with E-state index in [-0.39, 0.29) is 6.10 Å². The third-order valence-corrected chi connectivity index (χ3v) is 3.29. The predicted octanol–water partition coefficient (Wildman–Crippen LogP) is 1.42. The monoisotopic (exact) mass is 205 g/mol. The zero-order valence-electron chi connectivity index (χ0n) is 8.56. The number of fused-ring (bicyclic) bond motifs is 1. The zero-order chi connectivity index (χ0) is 10.3. The number of rotatable bonds is 2. The van der Waals surface area contributed by atoms with Gasteiger partial charge in [-0.3, -0.25) is 0 Å². The fraction of sp³-hybridized carbons (Fsp3) is 0.500. The second kappa shape index (κ2) is 3.42. The van der Waals surface area contributed by atoms with E-state index in [4.69, 9.17) is 15.2 Å². The van der Waals surface area contributed by atoms with Crippen LogP contribution in [0.25, 0.3) is 0 Å². The summed E-state index contributed by atoms with van der Waals surface area (Å²) in [6, 6.07) is 7.83. The molecule has 0 bridgehead atoms. The summed E-state index contributed by atoms with van der Waals surface area (Å²) in [4.78, 5) is 0. The highest BCUT2D eigenvalue weighted by atomic mass is 16.6. The lowest BCUT2D eigenvalue weighted by atomic mass is 10.2. The van der Waals surface area contributed by atoms with E-state index in [9.17, 15) is 0 Å². The van der Waals surface area contributed by atoms with Crippen LogP contribution < -0.4 is 15.2 Å². The molecule has 1 unspecified atom stereocenters. The van der Waals surface area contributed by atoms with Gasteiger partial charge in [0.15, 0.2) is 11.5 Å². The van der Waals surface area contributed by atoms with Crippen LogP contribution in [0.4, 0.5) is 0 Å². The Kier molecular flexibility index (Phi) is 2.06. The van der Waals surface area contributed by atoms with Gasteiger partial charge in [-0.25, -0.2) is 0 Å². The van der Waals surface area contributed by atoms with Gasteiger partial charge in [-0.1, -0.05) is 12.1 Å². The van der Waals surface area contributed by atoms with E-state index in [1.54, 1.807) is 0 Å². The molecule has 2 N–H and O–H groups in total. The van der Waals surface area contributed by atoms with Gasteiger partial charge in [-0.05, 0) is 31.0 Å². The summed E-state index contributed by atoms with van der Waals surface area (Å²) in [6.45, 7) is 1.43. The van der Waals surface area contributed by atoms with Gasteiger partial charge in [-0.15, -0.1) is 0 Å². The Labute approximate surface area is 89.2 Å². The molecule has 3 heteroatoms. The molecule has 1 fully saturated rings. The fourth-order valence-electron chi connectivity index (χ4n) is 2.24. The van der Waals surface area contributed by atoms with Crippen LogP contribution in [-0.2, 0) is 0 Å². The normalized spacial score (nSPS) is 32.5. The molecule has 3 rings (SSSR count). The second-order valence-corrected chi connectivity index (χ2v) is 4.31. The van der Waals surface area contributed by atoms with E-state index < -0.39 is 0 Å². The highest BCUT2D eigenvalue weighted by Crippen LogP contribution is 2.44. The predicted molar refractivity (Wildman–Crippen MR) is 57.0 cm³/mol. The first kappa shape index (κ1) is 9.04. The maximum absolute atomic E-state index is 5.91. The van der Waals surface area contributed by atoms with E-state index in [1.165, 1.54) is 6.42 Å². The third-order valence-electron chi connectivity index (χ3n) is 3.29. The Bertz CT molecular complexity index is 366. The van der Waals surface area contributed by atoms with Crippen LogP contribution in [0.1, 0.15) is 6.42 Å². The van der Waals surface area contributed by atoms with Crippen LogP contribution in [0, 0.1) is 11.8 Å². The zero-order valence-corrected chi connectivity index (χ0v) is 8.56. The van der Waals surface area contributed by atoms with E-state index in [1.807, 2.05) is 24.3 Å². The number of ether oxygens (including phenoxy) is 2. The van der Waals surface area contributed by atoms with Crippen molar-refractivity contribution in [2.75, 3.05) is 13.2 Å². The summed E-state index contributed by atoms with van der Waals surface area (Å²) in [7, 11) is 0. The molecule has 1 aromatic rings. The minimum atomic E-state index is 0.202. The van der Waals surface area contributed by atoms with Crippen molar-refractivity contribution in [1.29, 1.82) is 0 Å². The lowest BCUT2D eigenvalue weighted by Crippen LogP contribution is -2.32. The molecule has 0 amide bonds. The van der Waals surface area contributed by atoms with Crippen LogP contribution in [0.2, 0.25) is 0 Å². The molecule has 1 saturated carbocycles. The van der Waals surface area contributed by atoms with Crippen molar-refractivity contribution >= 4 is 0 Å². The highest BCUT2D eigenvalue weighted by molar-refractivity contribution is 5.40. The highest BCUT2D eigenvalue weighted by Gasteiger charge is 2.44. The van der Waals surface area contributed by atoms with Crippen LogP contribution >= 0.6 is 0 Å². The van der Waals surface area contributed by atoms with Crippen LogP contribution in [0.5, 0.6) is 11.5 Å². The SMILES string of the molecule is NC[C@@H]1C[C@H]1C1COc2ccccc2O1. The summed E-state index contributed by atoms with van der Waals surface area (Å²) in [5.74, 6) is 2.97. The van der Waals surface area contributed by atoms with Crippen molar-refractivity contribution in [2.24, 2.45) is 17.6 Å². The summed E-state index contributed by atoms with van der Waals surface area (Å²) in [6.07, 6.45) is 1.39. The van der Waals surface area contributed by atoms with Crippen molar-refractivity contribution in [3.05, 3.63) is 24.3 Å². The maximum Gasteiger partial charge on any atom is 0.161 e. The van der Waals surface area contributed by atoms with E-state index in [2.05, 4.69) is 0 Å². The summed E-state index contributed by atoms with van der Waals surface area (Å²) >= 11 is 0. The Balaban J connectivity index is 1.73. The third kappa shape index (κ3) is 1.57. The van der Waals surface area contributed by atoms with Gasteiger partial charge in [0.2, 0.25) is 0 Å². The first-order valence-electron chi connectivity index (χ1n) is 5.47. The largest absolute Gasteiger partial charge is 0.486 e. The molecule has 3 nitrogen and oxygen atoms in total. The average molecular weight is 205 g/mol. The van der Waals surface area contributed by atoms with Crippen LogP contribution in [0.15, 0.2) is 24.3 Å². The van der Waals surface area contributed by atoms with E-state index in [0.29, 0.717) is 18.4 Å². The minimum Gasteiger partial charge on any atom is -0.486 e. The van der Waals surface area contributed by atoms with Gasteiger partial charge < -0.3 is 15.2 Å². The van der Waals surface area contributed by atoms with Crippen molar-refractivity contribution in [1.82, 2.24) is 0 Å². The molecule has 15 heavy (non-hydrogen) atoms. The van der Waals surface area contributed by atoms with Gasteiger partial charge in [0, 0.05) is 5.92 Å². The van der Waals surface area contributed by atoms with Gasteiger partial charge in [0.05, 0.1) is 0 Å². The van der Waals surface area contributed by atoms with Crippen molar-refractivity contribution in [3.63, 3.8) is 0 Å². The Morgan fingerprint density at radius 3 is 2.80 bits per heavy atom. The number of para-hydroxylation sites is 2. The molecule has 1 aliphatic heterocycles.